The van der Waals surface area contributed by atoms with E-state index in [1.54, 1.807) is 0 Å². The van der Waals surface area contributed by atoms with E-state index in [1.807, 2.05) is 24.3 Å². The molecule has 7 nitrogen and oxygen atoms in total. The fourth-order valence-corrected chi connectivity index (χ4v) is 3.58. The summed E-state index contributed by atoms with van der Waals surface area (Å²) in [6.45, 7) is 2.86. The number of nitrogens with zero attached hydrogens (tertiary/aromatic N) is 2. The van der Waals surface area contributed by atoms with Gasteiger partial charge in [-0.3, -0.25) is 10.2 Å². The fraction of sp³-hybridized carbons (Fsp3) is 0.526. The third-order valence-electron chi connectivity index (χ3n) is 5.25. The van der Waals surface area contributed by atoms with Crippen LogP contribution in [0.2, 0.25) is 0 Å². The van der Waals surface area contributed by atoms with Crippen LogP contribution in [0, 0.1) is 5.41 Å². The van der Waals surface area contributed by atoms with E-state index in [-0.39, 0.29) is 30.3 Å². The second-order valence-electron chi connectivity index (χ2n) is 7.17. The average Bonchev–Trinajstić information content (AvgIpc) is 3.04. The van der Waals surface area contributed by atoms with Gasteiger partial charge in [-0.05, 0) is 24.9 Å². The molecule has 2 aliphatic rings. The van der Waals surface area contributed by atoms with Crippen LogP contribution in [0.15, 0.2) is 29.4 Å². The predicted molar refractivity (Wildman–Crippen MR) is 107 cm³/mol. The van der Waals surface area contributed by atoms with Gasteiger partial charge in [0.05, 0.1) is 5.71 Å². The van der Waals surface area contributed by atoms with Crippen LogP contribution in [0.25, 0.3) is 0 Å². The molecule has 0 unspecified atom stereocenters. The van der Waals surface area contributed by atoms with Gasteiger partial charge in [0.2, 0.25) is 0 Å². The van der Waals surface area contributed by atoms with E-state index in [0.717, 1.165) is 63.0 Å². The third kappa shape index (κ3) is 5.43. The van der Waals surface area contributed by atoms with Gasteiger partial charge in [-0.25, -0.2) is 0 Å². The smallest absolute Gasteiger partial charge is 0.303 e. The summed E-state index contributed by atoms with van der Waals surface area (Å²) in [6.07, 6.45) is 4.58. The molecule has 2 heterocycles. The Morgan fingerprint density at radius 1 is 1.26 bits per heavy atom. The van der Waals surface area contributed by atoms with Crippen molar-refractivity contribution in [3.05, 3.63) is 35.4 Å². The van der Waals surface area contributed by atoms with E-state index in [2.05, 4.69) is 10.1 Å². The van der Waals surface area contributed by atoms with Gasteiger partial charge < -0.3 is 20.6 Å². The van der Waals surface area contributed by atoms with Gasteiger partial charge in [0.25, 0.3) is 0 Å². The van der Waals surface area contributed by atoms with Gasteiger partial charge in [-0.1, -0.05) is 29.4 Å². The van der Waals surface area contributed by atoms with E-state index in [4.69, 9.17) is 21.1 Å². The molecule has 0 saturated carbocycles. The molecular formula is C19H27ClN4O3. The second-order valence-corrected chi connectivity index (χ2v) is 7.17. The molecule has 0 aliphatic carbocycles. The number of rotatable bonds is 7. The molecule has 2 aliphatic heterocycles. The number of carboxylic acid groups (broad SMARTS) is 1. The van der Waals surface area contributed by atoms with Gasteiger partial charge in [0.15, 0.2) is 0 Å². The maximum absolute atomic E-state index is 10.6. The zero-order valence-corrected chi connectivity index (χ0v) is 16.1. The molecular weight excluding hydrogens is 368 g/mol. The number of halogens is 1. The van der Waals surface area contributed by atoms with Crippen molar-refractivity contribution < 1.29 is 14.7 Å². The number of aliphatic carboxylic acids is 1. The van der Waals surface area contributed by atoms with Crippen molar-refractivity contribution in [3.63, 3.8) is 0 Å². The van der Waals surface area contributed by atoms with Crippen LogP contribution < -0.4 is 5.73 Å². The number of hydrogen-bond donors (Lipinski definition) is 3. The number of carboxylic acids is 1. The first-order chi connectivity index (χ1) is 12.5. The molecule has 1 fully saturated rings. The SMILES string of the molecule is Cl.N=C(N)c1ccc(C2=NOC3(CCN(CCCCC(=O)O)CC3)C2)cc1. The molecule has 0 bridgehead atoms. The van der Waals surface area contributed by atoms with Crippen LogP contribution in [-0.2, 0) is 9.63 Å². The summed E-state index contributed by atoms with van der Waals surface area (Å²) in [4.78, 5) is 18.8. The van der Waals surface area contributed by atoms with Gasteiger partial charge in [0, 0.05) is 44.3 Å². The summed E-state index contributed by atoms with van der Waals surface area (Å²) in [5.74, 6) is -0.656. The molecule has 1 aromatic rings. The first kappa shape index (κ1) is 21.2. The minimum Gasteiger partial charge on any atom is -0.481 e. The van der Waals surface area contributed by atoms with Crippen molar-refractivity contribution in [2.75, 3.05) is 19.6 Å². The number of nitrogen functional groups attached to an aromatic ring is 1. The fourth-order valence-electron chi connectivity index (χ4n) is 3.58. The summed E-state index contributed by atoms with van der Waals surface area (Å²) in [6, 6.07) is 7.56. The minimum atomic E-state index is -0.719. The van der Waals surface area contributed by atoms with Crippen molar-refractivity contribution in [1.82, 2.24) is 4.90 Å². The Labute approximate surface area is 165 Å². The van der Waals surface area contributed by atoms with Gasteiger partial charge in [0.1, 0.15) is 11.4 Å². The number of oxime groups is 1. The lowest BCUT2D eigenvalue weighted by Gasteiger charge is -2.37. The Hall–Kier alpha value is -2.12. The zero-order valence-electron chi connectivity index (χ0n) is 15.3. The van der Waals surface area contributed by atoms with Crippen LogP contribution >= 0.6 is 12.4 Å². The standard InChI is InChI=1S/C19H26N4O3.ClH/c20-18(21)15-6-4-14(5-7-15)16-13-19(26-22-16)8-11-23(12-9-19)10-2-1-3-17(24)25;/h4-7H,1-3,8-13H2,(H3,20,21)(H,24,25);1H. The van der Waals surface area contributed by atoms with Crippen LogP contribution in [0.5, 0.6) is 0 Å². The molecule has 148 valence electrons. The number of likely N-dealkylation sites (tertiary alicyclic amines) is 1. The number of amidine groups is 1. The van der Waals surface area contributed by atoms with Crippen LogP contribution in [0.3, 0.4) is 0 Å². The molecule has 27 heavy (non-hydrogen) atoms. The van der Waals surface area contributed by atoms with Crippen LogP contribution in [-0.4, -0.2) is 52.8 Å². The van der Waals surface area contributed by atoms with Crippen molar-refractivity contribution in [3.8, 4) is 0 Å². The first-order valence-electron chi connectivity index (χ1n) is 9.11. The lowest BCUT2D eigenvalue weighted by atomic mass is 9.85. The number of benzene rings is 1. The maximum atomic E-state index is 10.6. The summed E-state index contributed by atoms with van der Waals surface area (Å²) < 4.78 is 0. The van der Waals surface area contributed by atoms with Crippen molar-refractivity contribution >= 4 is 29.9 Å². The molecule has 0 aromatic heterocycles. The number of nitrogens with one attached hydrogen (secondary N) is 1. The Balaban J connectivity index is 0.00000261. The van der Waals surface area contributed by atoms with E-state index in [9.17, 15) is 4.79 Å². The number of hydrogen-bond acceptors (Lipinski definition) is 5. The van der Waals surface area contributed by atoms with E-state index in [1.165, 1.54) is 0 Å². The lowest BCUT2D eigenvalue weighted by Crippen LogP contribution is -2.44. The van der Waals surface area contributed by atoms with E-state index < -0.39 is 5.97 Å². The van der Waals surface area contributed by atoms with Crippen molar-refractivity contribution in [2.24, 2.45) is 10.9 Å². The Kier molecular flexibility index (Phi) is 7.21. The van der Waals surface area contributed by atoms with Crippen molar-refractivity contribution in [1.29, 1.82) is 5.41 Å². The summed E-state index contributed by atoms with van der Waals surface area (Å²) >= 11 is 0. The highest BCUT2D eigenvalue weighted by atomic mass is 35.5. The van der Waals surface area contributed by atoms with Gasteiger partial charge in [-0.15, -0.1) is 12.4 Å². The van der Waals surface area contributed by atoms with E-state index >= 15 is 0 Å². The van der Waals surface area contributed by atoms with Crippen LogP contribution in [0.1, 0.15) is 49.7 Å². The number of unbranched alkanes of at least 4 members (excludes halogenated alkanes) is 1. The third-order valence-corrected chi connectivity index (χ3v) is 5.25. The molecule has 0 radical (unpaired) electrons. The second kappa shape index (κ2) is 9.19. The predicted octanol–water partition coefficient (Wildman–Crippen LogP) is 2.61. The Morgan fingerprint density at radius 3 is 2.52 bits per heavy atom. The molecule has 1 spiro atoms. The summed E-state index contributed by atoms with van der Waals surface area (Å²) in [7, 11) is 0. The lowest BCUT2D eigenvalue weighted by molar-refractivity contribution is -0.137. The minimum absolute atomic E-state index is 0. The molecule has 8 heteroatoms. The highest BCUT2D eigenvalue weighted by Gasteiger charge is 2.42. The number of carbonyl (C=O) groups is 1. The zero-order chi connectivity index (χ0) is 18.6. The summed E-state index contributed by atoms with van der Waals surface area (Å²) in [5.41, 5.74) is 7.97. The first-order valence-corrected chi connectivity index (χ1v) is 9.11. The average molecular weight is 395 g/mol. The topological polar surface area (TPSA) is 112 Å². The Morgan fingerprint density at radius 2 is 1.93 bits per heavy atom. The highest BCUT2D eigenvalue weighted by Crippen LogP contribution is 2.36. The normalized spacial score (nSPS) is 18.4. The Bertz CT molecular complexity index is 697. The number of nitrogens with two attached hydrogens (primary N) is 1. The van der Waals surface area contributed by atoms with E-state index in [0.29, 0.717) is 5.56 Å². The summed E-state index contributed by atoms with van der Waals surface area (Å²) in [5, 5.41) is 20.5. The number of piperidine rings is 1. The van der Waals surface area contributed by atoms with Gasteiger partial charge >= 0.3 is 5.97 Å². The van der Waals surface area contributed by atoms with Crippen LogP contribution in [0.4, 0.5) is 0 Å². The largest absolute Gasteiger partial charge is 0.481 e. The quantitative estimate of drug-likeness (QED) is 0.374. The molecule has 1 aromatic carbocycles. The molecule has 3 rings (SSSR count). The molecule has 4 N–H and O–H groups in total. The molecule has 1 saturated heterocycles. The molecule has 0 amide bonds. The maximum Gasteiger partial charge on any atom is 0.303 e. The van der Waals surface area contributed by atoms with Crippen molar-refractivity contribution in [2.45, 2.75) is 44.1 Å². The molecule has 0 atom stereocenters. The monoisotopic (exact) mass is 394 g/mol. The highest BCUT2D eigenvalue weighted by molar-refractivity contribution is 6.03. The van der Waals surface area contributed by atoms with Gasteiger partial charge in [-0.2, -0.15) is 0 Å².